The van der Waals surface area contributed by atoms with Crippen LogP contribution in [-0.2, 0) is 0 Å². The Morgan fingerprint density at radius 2 is 1.81 bits per heavy atom. The van der Waals surface area contributed by atoms with Crippen molar-refractivity contribution in [3.63, 3.8) is 0 Å². The van der Waals surface area contributed by atoms with Crippen LogP contribution in [0.25, 0.3) is 0 Å². The molecule has 0 fully saturated rings. The molecule has 1 amide bonds. The molecule has 0 spiro atoms. The molecule has 1 aliphatic rings. The average Bonchev–Trinajstić information content (AvgIpc) is 2.95. The number of fused-ring (bicyclic) bond motifs is 2. The van der Waals surface area contributed by atoms with Crippen LogP contribution >= 0.6 is 35.0 Å². The van der Waals surface area contributed by atoms with E-state index in [4.69, 9.17) is 28.2 Å². The van der Waals surface area contributed by atoms with Crippen molar-refractivity contribution in [2.24, 2.45) is 4.99 Å². The van der Waals surface area contributed by atoms with Crippen molar-refractivity contribution < 1.29 is 4.79 Å². The van der Waals surface area contributed by atoms with E-state index in [0.717, 1.165) is 51.7 Å². The number of benzene rings is 3. The summed E-state index contributed by atoms with van der Waals surface area (Å²) in [6, 6.07) is 19.5. The van der Waals surface area contributed by atoms with E-state index >= 15 is 0 Å². The molecule has 0 N–H and O–H groups in total. The minimum Gasteiger partial charge on any atom is -0.342 e. The van der Waals surface area contributed by atoms with Crippen LogP contribution < -0.4 is 0 Å². The summed E-state index contributed by atoms with van der Waals surface area (Å²) in [5.74, 6) is 0.00861. The number of nitrogens with zero attached hydrogens (tertiary/aromatic N) is 2. The largest absolute Gasteiger partial charge is 0.342 e. The fraction of sp³-hybridized carbons (Fsp3) is 0.200. The number of aliphatic imine (C=N–C) groups is 1. The van der Waals surface area contributed by atoms with E-state index < -0.39 is 0 Å². The topological polar surface area (TPSA) is 32.7 Å². The van der Waals surface area contributed by atoms with Crippen LogP contribution in [0.1, 0.15) is 41.3 Å². The quantitative estimate of drug-likeness (QED) is 0.303. The number of hydrogen-bond donors (Lipinski definition) is 0. The molecule has 3 aromatic carbocycles. The maximum Gasteiger partial charge on any atom is 0.253 e. The van der Waals surface area contributed by atoms with Crippen molar-refractivity contribution in [2.75, 3.05) is 13.6 Å². The maximum absolute atomic E-state index is 12.9. The molecule has 0 aliphatic carbocycles. The molecular weight excluding hydrogens is 447 g/mol. The van der Waals surface area contributed by atoms with Gasteiger partial charge < -0.3 is 4.90 Å². The summed E-state index contributed by atoms with van der Waals surface area (Å²) in [7, 11) is 1.85. The van der Waals surface area contributed by atoms with Gasteiger partial charge >= 0.3 is 0 Å². The van der Waals surface area contributed by atoms with E-state index in [2.05, 4.69) is 19.1 Å². The van der Waals surface area contributed by atoms with E-state index in [1.807, 2.05) is 49.5 Å². The third kappa shape index (κ3) is 4.67. The minimum atomic E-state index is 0.00861. The number of hydrogen-bond acceptors (Lipinski definition) is 3. The fourth-order valence-electron chi connectivity index (χ4n) is 3.46. The van der Waals surface area contributed by atoms with Gasteiger partial charge in [0.2, 0.25) is 0 Å². The first-order valence-corrected chi connectivity index (χ1v) is 11.8. The Kier molecular flexibility index (Phi) is 6.71. The van der Waals surface area contributed by atoms with Crippen molar-refractivity contribution in [3.8, 4) is 0 Å². The van der Waals surface area contributed by atoms with Crippen molar-refractivity contribution >= 4 is 52.3 Å². The van der Waals surface area contributed by atoms with Crippen LogP contribution in [0.4, 0.5) is 5.69 Å². The van der Waals surface area contributed by atoms with Gasteiger partial charge in [-0.15, -0.1) is 0 Å². The molecule has 0 radical (unpaired) electrons. The van der Waals surface area contributed by atoms with Crippen molar-refractivity contribution in [2.45, 2.75) is 29.6 Å². The molecule has 31 heavy (non-hydrogen) atoms. The molecule has 0 atom stereocenters. The van der Waals surface area contributed by atoms with Crippen LogP contribution in [0.2, 0.25) is 10.0 Å². The number of unbranched alkanes of at least 4 members (excludes halogenated alkanes) is 1. The smallest absolute Gasteiger partial charge is 0.253 e. The Balaban J connectivity index is 1.82. The second kappa shape index (κ2) is 9.47. The third-order valence-corrected chi connectivity index (χ3v) is 7.07. The zero-order chi connectivity index (χ0) is 22.0. The Morgan fingerprint density at radius 3 is 2.58 bits per heavy atom. The second-order valence-electron chi connectivity index (χ2n) is 7.45. The van der Waals surface area contributed by atoms with Crippen LogP contribution in [0.3, 0.4) is 0 Å². The van der Waals surface area contributed by atoms with Gasteiger partial charge in [-0.1, -0.05) is 72.6 Å². The summed E-state index contributed by atoms with van der Waals surface area (Å²) in [5, 5.41) is 0.989. The van der Waals surface area contributed by atoms with E-state index in [-0.39, 0.29) is 5.91 Å². The monoisotopic (exact) mass is 468 g/mol. The lowest BCUT2D eigenvalue weighted by molar-refractivity contribution is 0.0793. The fourth-order valence-corrected chi connectivity index (χ4v) is 4.76. The molecule has 3 aromatic rings. The first-order valence-electron chi connectivity index (χ1n) is 10.2. The zero-order valence-electron chi connectivity index (χ0n) is 17.4. The van der Waals surface area contributed by atoms with Crippen molar-refractivity contribution in [3.05, 3.63) is 87.4 Å². The highest BCUT2D eigenvalue weighted by atomic mass is 35.5. The Hall–Kier alpha value is -2.27. The second-order valence-corrected chi connectivity index (χ2v) is 9.35. The van der Waals surface area contributed by atoms with Gasteiger partial charge in [0.05, 0.1) is 21.4 Å². The number of halogens is 2. The van der Waals surface area contributed by atoms with Gasteiger partial charge in [-0.2, -0.15) is 0 Å². The first kappa shape index (κ1) is 21.9. The third-order valence-electron chi connectivity index (χ3n) is 5.19. The molecule has 6 heteroatoms. The molecule has 0 saturated heterocycles. The number of carbonyl (C=O) groups excluding carboxylic acids is 1. The van der Waals surface area contributed by atoms with Gasteiger partial charge in [0.15, 0.2) is 0 Å². The molecule has 0 bridgehead atoms. The van der Waals surface area contributed by atoms with E-state index in [1.54, 1.807) is 22.7 Å². The Morgan fingerprint density at radius 1 is 1.00 bits per heavy atom. The highest BCUT2D eigenvalue weighted by Gasteiger charge is 2.21. The standard InChI is InChI=1S/C25H22Cl2N2OS/c1-3-4-13-29(2)25(30)17-10-12-23-21(15-17)28-24(16-9-11-19(26)20(27)14-16)18-7-5-6-8-22(18)31-23/h5-12,14-15H,3-4,13H2,1-2H3. The van der Waals surface area contributed by atoms with Crippen LogP contribution in [-0.4, -0.2) is 30.1 Å². The maximum atomic E-state index is 12.9. The summed E-state index contributed by atoms with van der Waals surface area (Å²) in [5.41, 5.74) is 4.13. The summed E-state index contributed by atoms with van der Waals surface area (Å²) in [4.78, 5) is 21.8. The van der Waals surface area contributed by atoms with Gasteiger partial charge in [0.1, 0.15) is 0 Å². The Bertz CT molecular complexity index is 1180. The molecule has 0 aromatic heterocycles. The molecule has 1 heterocycles. The van der Waals surface area contributed by atoms with Gasteiger partial charge in [-0.25, -0.2) is 4.99 Å². The van der Waals surface area contributed by atoms with Crippen LogP contribution in [0.5, 0.6) is 0 Å². The highest BCUT2D eigenvalue weighted by molar-refractivity contribution is 7.99. The first-order chi connectivity index (χ1) is 15.0. The predicted octanol–water partition coefficient (Wildman–Crippen LogP) is 7.50. The number of amides is 1. The van der Waals surface area contributed by atoms with Crippen molar-refractivity contribution in [1.82, 2.24) is 4.90 Å². The lowest BCUT2D eigenvalue weighted by atomic mass is 10.0. The predicted molar refractivity (Wildman–Crippen MR) is 131 cm³/mol. The highest BCUT2D eigenvalue weighted by Crippen LogP contribution is 2.42. The molecular formula is C25H22Cl2N2OS. The van der Waals surface area contributed by atoms with E-state index in [9.17, 15) is 4.79 Å². The summed E-state index contributed by atoms with van der Waals surface area (Å²) < 4.78 is 0. The Labute approximate surface area is 197 Å². The lowest BCUT2D eigenvalue weighted by Gasteiger charge is -2.17. The normalized spacial score (nSPS) is 12.5. The number of rotatable bonds is 5. The molecule has 1 aliphatic heterocycles. The molecule has 4 rings (SSSR count). The van der Waals surface area contributed by atoms with Crippen LogP contribution in [0.15, 0.2) is 75.4 Å². The SMILES string of the molecule is CCCCN(C)C(=O)c1ccc2c(c1)N=C(c1ccc(Cl)c(Cl)c1)c1ccccc1S2. The molecule has 0 saturated carbocycles. The van der Waals surface area contributed by atoms with Crippen molar-refractivity contribution in [1.29, 1.82) is 0 Å². The summed E-state index contributed by atoms with van der Waals surface area (Å²) in [6.45, 7) is 2.86. The molecule has 0 unspecified atom stereocenters. The number of carbonyl (C=O) groups is 1. The lowest BCUT2D eigenvalue weighted by Crippen LogP contribution is -2.27. The average molecular weight is 469 g/mol. The van der Waals surface area contributed by atoms with Gasteiger partial charge in [-0.05, 0) is 42.8 Å². The minimum absolute atomic E-state index is 0.00861. The summed E-state index contributed by atoms with van der Waals surface area (Å²) >= 11 is 14.1. The molecule has 3 nitrogen and oxygen atoms in total. The van der Waals surface area contributed by atoms with E-state index in [1.165, 1.54) is 0 Å². The van der Waals surface area contributed by atoms with Gasteiger partial charge in [0.25, 0.3) is 5.91 Å². The van der Waals surface area contributed by atoms with Crippen LogP contribution in [0, 0.1) is 0 Å². The van der Waals surface area contributed by atoms with Gasteiger partial charge in [0, 0.05) is 40.1 Å². The summed E-state index contributed by atoms with van der Waals surface area (Å²) in [6.07, 6.45) is 2.03. The zero-order valence-corrected chi connectivity index (χ0v) is 19.7. The van der Waals surface area contributed by atoms with Gasteiger partial charge in [-0.3, -0.25) is 4.79 Å². The van der Waals surface area contributed by atoms with E-state index in [0.29, 0.717) is 15.6 Å². The molecule has 158 valence electrons.